The Labute approximate surface area is 157 Å². The quantitative estimate of drug-likeness (QED) is 0.329. The lowest BCUT2D eigenvalue weighted by atomic mass is 9.90. The predicted octanol–water partition coefficient (Wildman–Crippen LogP) is 1.65. The number of nitrogens with zero attached hydrogens (tertiary/aromatic N) is 1. The third-order valence-electron chi connectivity index (χ3n) is 3.49. The second kappa shape index (κ2) is 10.7. The number of rotatable bonds is 11. The highest BCUT2D eigenvalue weighted by atomic mass is 16.5. The van der Waals surface area contributed by atoms with Gasteiger partial charge in [-0.3, -0.25) is 9.79 Å². The molecule has 0 aliphatic heterocycles. The Morgan fingerprint density at radius 3 is 2.35 bits per heavy atom. The first-order valence-corrected chi connectivity index (χ1v) is 8.56. The molecule has 0 radical (unpaired) electrons. The fourth-order valence-electron chi connectivity index (χ4n) is 2.08. The van der Waals surface area contributed by atoms with Crippen molar-refractivity contribution in [3.8, 4) is 0 Å². The van der Waals surface area contributed by atoms with Crippen LogP contribution in [0.4, 0.5) is 0 Å². The number of nitrogens with two attached hydrogens (primary N) is 1. The molecule has 0 aliphatic carbocycles. The minimum atomic E-state index is -1.01. The SMILES string of the molecule is C=C(CNCC(NC(C)=O)(C(=C)N)/C(C)=N/C=C\NC)OCC(C)(C)C. The molecule has 0 aromatic rings. The lowest BCUT2D eigenvalue weighted by molar-refractivity contribution is -0.119. The molecule has 26 heavy (non-hydrogen) atoms. The number of carbonyl (C=O) groups excluding carboxylic acids is 1. The van der Waals surface area contributed by atoms with Gasteiger partial charge >= 0.3 is 0 Å². The number of amides is 1. The topological polar surface area (TPSA) is 101 Å². The zero-order valence-electron chi connectivity index (χ0n) is 17.0. The van der Waals surface area contributed by atoms with Crippen molar-refractivity contribution in [2.75, 3.05) is 26.7 Å². The van der Waals surface area contributed by atoms with Crippen molar-refractivity contribution in [1.82, 2.24) is 16.0 Å². The summed E-state index contributed by atoms with van der Waals surface area (Å²) < 4.78 is 5.66. The maximum Gasteiger partial charge on any atom is 0.217 e. The number of carbonyl (C=O) groups is 1. The molecule has 7 nitrogen and oxygen atoms in total. The molecule has 0 aliphatic rings. The van der Waals surface area contributed by atoms with E-state index in [1.165, 1.54) is 6.92 Å². The summed E-state index contributed by atoms with van der Waals surface area (Å²) in [4.78, 5) is 16.1. The van der Waals surface area contributed by atoms with Gasteiger partial charge in [0.1, 0.15) is 11.3 Å². The first kappa shape index (κ1) is 23.7. The Balaban J connectivity index is 5.16. The molecule has 0 bridgehead atoms. The van der Waals surface area contributed by atoms with Gasteiger partial charge in [-0.15, -0.1) is 0 Å². The molecule has 0 rings (SSSR count). The number of hydrogen-bond donors (Lipinski definition) is 4. The molecule has 1 amide bonds. The smallest absolute Gasteiger partial charge is 0.217 e. The maximum absolute atomic E-state index is 11.7. The van der Waals surface area contributed by atoms with Gasteiger partial charge in [0.2, 0.25) is 5.91 Å². The van der Waals surface area contributed by atoms with E-state index in [4.69, 9.17) is 10.5 Å². The summed E-state index contributed by atoms with van der Waals surface area (Å²) in [6, 6.07) is 0. The highest BCUT2D eigenvalue weighted by Gasteiger charge is 2.36. The Kier molecular flexibility index (Phi) is 9.72. The highest BCUT2D eigenvalue weighted by Crippen LogP contribution is 2.16. The zero-order chi connectivity index (χ0) is 20.4. The molecule has 7 heteroatoms. The summed E-state index contributed by atoms with van der Waals surface area (Å²) in [7, 11) is 1.77. The van der Waals surface area contributed by atoms with Crippen molar-refractivity contribution in [3.63, 3.8) is 0 Å². The van der Waals surface area contributed by atoms with Gasteiger partial charge in [0.05, 0.1) is 13.2 Å². The third-order valence-corrected chi connectivity index (χ3v) is 3.49. The molecule has 0 saturated heterocycles. The van der Waals surface area contributed by atoms with Gasteiger partial charge in [0.25, 0.3) is 0 Å². The van der Waals surface area contributed by atoms with Crippen LogP contribution in [0.15, 0.2) is 42.0 Å². The van der Waals surface area contributed by atoms with Crippen LogP contribution < -0.4 is 21.7 Å². The number of hydrogen-bond acceptors (Lipinski definition) is 6. The van der Waals surface area contributed by atoms with Crippen molar-refractivity contribution < 1.29 is 9.53 Å². The second-order valence-electron chi connectivity index (χ2n) is 7.42. The van der Waals surface area contributed by atoms with Crippen LogP contribution in [-0.4, -0.2) is 43.9 Å². The number of aliphatic imine (C=N–C) groups is 1. The Hall–Kier alpha value is -2.28. The van der Waals surface area contributed by atoms with Gasteiger partial charge in [-0.2, -0.15) is 0 Å². The Morgan fingerprint density at radius 1 is 1.27 bits per heavy atom. The molecule has 1 unspecified atom stereocenters. The number of nitrogens with one attached hydrogen (secondary N) is 3. The maximum atomic E-state index is 11.7. The lowest BCUT2D eigenvalue weighted by Crippen LogP contribution is -2.61. The minimum absolute atomic E-state index is 0.0529. The van der Waals surface area contributed by atoms with Crippen LogP contribution >= 0.6 is 0 Å². The van der Waals surface area contributed by atoms with Gasteiger partial charge in [0, 0.05) is 44.3 Å². The fraction of sp³-hybridized carbons (Fsp3) is 0.579. The summed E-state index contributed by atoms with van der Waals surface area (Å²) in [5.74, 6) is 0.386. The van der Waals surface area contributed by atoms with Crippen molar-refractivity contribution in [2.45, 2.75) is 40.2 Å². The monoisotopic (exact) mass is 365 g/mol. The molecular weight excluding hydrogens is 330 g/mol. The average molecular weight is 366 g/mol. The van der Waals surface area contributed by atoms with E-state index in [9.17, 15) is 4.79 Å². The van der Waals surface area contributed by atoms with Gasteiger partial charge in [-0.05, 0) is 12.3 Å². The van der Waals surface area contributed by atoms with Gasteiger partial charge in [0.15, 0.2) is 0 Å². The first-order chi connectivity index (χ1) is 11.9. The molecule has 0 aromatic heterocycles. The molecule has 1 atom stereocenters. The lowest BCUT2D eigenvalue weighted by Gasteiger charge is -2.35. The molecule has 0 spiro atoms. The summed E-state index contributed by atoms with van der Waals surface area (Å²) in [5.41, 5.74) is 5.99. The van der Waals surface area contributed by atoms with E-state index in [2.05, 4.69) is 54.9 Å². The summed E-state index contributed by atoms with van der Waals surface area (Å²) >= 11 is 0. The Bertz CT molecular complexity index is 561. The molecule has 0 aromatic carbocycles. The van der Waals surface area contributed by atoms with E-state index in [0.717, 1.165) is 0 Å². The second-order valence-corrected chi connectivity index (χ2v) is 7.42. The summed E-state index contributed by atoms with van der Waals surface area (Å²) in [6.07, 6.45) is 3.27. The molecule has 148 valence electrons. The molecule has 0 saturated carbocycles. The van der Waals surface area contributed by atoms with Gasteiger partial charge < -0.3 is 26.4 Å². The summed E-state index contributed by atoms with van der Waals surface area (Å²) in [5, 5.41) is 8.94. The van der Waals surface area contributed by atoms with E-state index in [-0.39, 0.29) is 11.3 Å². The van der Waals surface area contributed by atoms with Crippen LogP contribution in [-0.2, 0) is 9.53 Å². The van der Waals surface area contributed by atoms with Crippen molar-refractivity contribution in [2.24, 2.45) is 16.1 Å². The van der Waals surface area contributed by atoms with Crippen LogP contribution in [0.25, 0.3) is 0 Å². The molecular formula is C19H35N5O2. The fourth-order valence-corrected chi connectivity index (χ4v) is 2.08. The normalized spacial score (nSPS) is 14.6. The van der Waals surface area contributed by atoms with Crippen LogP contribution in [0.5, 0.6) is 0 Å². The molecule has 0 fully saturated rings. The van der Waals surface area contributed by atoms with Crippen LogP contribution in [0.2, 0.25) is 0 Å². The van der Waals surface area contributed by atoms with E-state index in [1.807, 2.05) is 0 Å². The first-order valence-electron chi connectivity index (χ1n) is 8.56. The predicted molar refractivity (Wildman–Crippen MR) is 109 cm³/mol. The van der Waals surface area contributed by atoms with Crippen LogP contribution in [0.1, 0.15) is 34.6 Å². The Morgan fingerprint density at radius 2 is 1.88 bits per heavy atom. The number of ether oxygens (including phenoxy) is 1. The van der Waals surface area contributed by atoms with Gasteiger partial charge in [-0.25, -0.2) is 0 Å². The van der Waals surface area contributed by atoms with Gasteiger partial charge in [-0.1, -0.05) is 33.9 Å². The van der Waals surface area contributed by atoms with E-state index < -0.39 is 5.54 Å². The van der Waals surface area contributed by atoms with Crippen LogP contribution in [0, 0.1) is 5.41 Å². The van der Waals surface area contributed by atoms with Crippen molar-refractivity contribution in [3.05, 3.63) is 37.0 Å². The minimum Gasteiger partial charge on any atom is -0.497 e. The average Bonchev–Trinajstić information content (AvgIpc) is 2.50. The van der Waals surface area contributed by atoms with Crippen molar-refractivity contribution in [1.29, 1.82) is 0 Å². The molecule has 5 N–H and O–H groups in total. The standard InChI is InChI=1S/C19H35N5O2/c1-14(26-13-18(5,6)7)11-22-12-19(15(2)20,24-17(4)25)16(3)23-10-9-21-8/h9-10,21-22H,1-2,11-13,20H2,3-8H3,(H,24,25)/b10-9-,23-16+. The summed E-state index contributed by atoms with van der Waals surface area (Å²) in [6.45, 7) is 18.6. The van der Waals surface area contributed by atoms with Crippen LogP contribution in [0.3, 0.4) is 0 Å². The largest absolute Gasteiger partial charge is 0.497 e. The van der Waals surface area contributed by atoms with E-state index >= 15 is 0 Å². The van der Waals surface area contributed by atoms with E-state index in [0.29, 0.717) is 36.9 Å². The zero-order valence-corrected chi connectivity index (χ0v) is 17.0. The van der Waals surface area contributed by atoms with Crippen molar-refractivity contribution >= 4 is 11.6 Å². The molecule has 0 heterocycles. The highest BCUT2D eigenvalue weighted by molar-refractivity contribution is 5.98. The van der Waals surface area contributed by atoms with E-state index in [1.54, 1.807) is 26.4 Å². The third kappa shape index (κ3) is 8.71.